The van der Waals surface area contributed by atoms with Crippen LogP contribution in [0.5, 0.6) is 0 Å². The van der Waals surface area contributed by atoms with E-state index < -0.39 is 0 Å². The third-order valence-corrected chi connectivity index (χ3v) is 5.13. The van der Waals surface area contributed by atoms with Gasteiger partial charge in [0.25, 0.3) is 0 Å². The lowest BCUT2D eigenvalue weighted by molar-refractivity contribution is 0.0129. The molecule has 0 spiro atoms. The molecule has 0 radical (unpaired) electrons. The van der Waals surface area contributed by atoms with Crippen LogP contribution in [0.25, 0.3) is 0 Å². The van der Waals surface area contributed by atoms with Crippen molar-refractivity contribution in [1.29, 1.82) is 0 Å². The number of amides is 2. The van der Waals surface area contributed by atoms with E-state index in [2.05, 4.69) is 46.6 Å². The van der Waals surface area contributed by atoms with Crippen LogP contribution in [0.3, 0.4) is 0 Å². The topological polar surface area (TPSA) is 71.4 Å². The summed E-state index contributed by atoms with van der Waals surface area (Å²) in [6, 6.07) is 10.4. The maximum absolute atomic E-state index is 12.3. The predicted molar refractivity (Wildman–Crippen MR) is 114 cm³/mol. The second-order valence-corrected chi connectivity index (χ2v) is 8.03. The maximum atomic E-state index is 12.3. The molecule has 1 fully saturated rings. The Labute approximate surface area is 173 Å². The fraction of sp³-hybridized carbons (Fsp3) is 0.545. The van der Waals surface area contributed by atoms with Crippen molar-refractivity contribution in [2.45, 2.75) is 39.4 Å². The average molecular weight is 400 g/mol. The molecule has 1 aliphatic heterocycles. The highest BCUT2D eigenvalue weighted by atomic mass is 16.5. The Morgan fingerprint density at radius 3 is 2.62 bits per heavy atom. The Morgan fingerprint density at radius 2 is 1.90 bits per heavy atom. The van der Waals surface area contributed by atoms with E-state index in [1.807, 2.05) is 29.1 Å². The molecule has 2 aromatic rings. The quantitative estimate of drug-likeness (QED) is 0.680. The first kappa shape index (κ1) is 21.3. The Morgan fingerprint density at radius 1 is 1.14 bits per heavy atom. The summed E-state index contributed by atoms with van der Waals surface area (Å²) in [6.07, 6.45) is 4.84. The van der Waals surface area contributed by atoms with Crippen molar-refractivity contribution in [3.05, 3.63) is 53.9 Å². The number of nitrogens with zero attached hydrogens (tertiary/aromatic N) is 3. The summed E-state index contributed by atoms with van der Waals surface area (Å²) in [5, 5.41) is 10.4. The van der Waals surface area contributed by atoms with Gasteiger partial charge in [-0.2, -0.15) is 5.10 Å². The molecule has 2 N–H and O–H groups in total. The fourth-order valence-electron chi connectivity index (χ4n) is 3.66. The highest BCUT2D eigenvalue weighted by Gasteiger charge is 2.22. The minimum absolute atomic E-state index is 0.136. The van der Waals surface area contributed by atoms with E-state index in [1.54, 1.807) is 6.20 Å². The molecule has 1 atom stereocenters. The van der Waals surface area contributed by atoms with Gasteiger partial charge in [0.15, 0.2) is 0 Å². The van der Waals surface area contributed by atoms with E-state index in [9.17, 15) is 4.79 Å². The molecule has 29 heavy (non-hydrogen) atoms. The van der Waals surface area contributed by atoms with E-state index in [1.165, 1.54) is 5.56 Å². The molecular weight excluding hydrogens is 366 g/mol. The smallest absolute Gasteiger partial charge is 0.315 e. The van der Waals surface area contributed by atoms with Gasteiger partial charge in [0.2, 0.25) is 0 Å². The van der Waals surface area contributed by atoms with Gasteiger partial charge in [0.1, 0.15) is 0 Å². The molecule has 7 heteroatoms. The molecular formula is C22H33N5O2. The molecule has 2 heterocycles. The minimum Gasteiger partial charge on any atom is -0.379 e. The highest BCUT2D eigenvalue weighted by molar-refractivity contribution is 5.73. The third kappa shape index (κ3) is 7.18. The standard InChI is InChI=1S/C22H33N5O2/c1-18(2)12-21(26-8-10-29-11-9-26)15-24-22(28)23-13-20-14-25-27(17-20)16-19-6-4-3-5-7-19/h3-7,14,17-18,21H,8-13,15-16H2,1-2H3,(H2,23,24,28). The number of morpholine rings is 1. The maximum Gasteiger partial charge on any atom is 0.315 e. The van der Waals surface area contributed by atoms with Gasteiger partial charge in [0, 0.05) is 44.0 Å². The summed E-state index contributed by atoms with van der Waals surface area (Å²) < 4.78 is 7.35. The van der Waals surface area contributed by atoms with Gasteiger partial charge >= 0.3 is 6.03 Å². The monoisotopic (exact) mass is 399 g/mol. The van der Waals surface area contributed by atoms with Crippen LogP contribution in [-0.4, -0.2) is 59.6 Å². The van der Waals surface area contributed by atoms with Gasteiger partial charge in [-0.15, -0.1) is 0 Å². The zero-order valence-corrected chi connectivity index (χ0v) is 17.5. The Balaban J connectivity index is 1.43. The fourth-order valence-corrected chi connectivity index (χ4v) is 3.66. The number of nitrogens with one attached hydrogen (secondary N) is 2. The van der Waals surface area contributed by atoms with E-state index in [4.69, 9.17) is 4.74 Å². The number of aromatic nitrogens is 2. The van der Waals surface area contributed by atoms with Gasteiger partial charge in [-0.25, -0.2) is 4.79 Å². The summed E-state index contributed by atoms with van der Waals surface area (Å²) >= 11 is 0. The molecule has 7 nitrogen and oxygen atoms in total. The lowest BCUT2D eigenvalue weighted by Crippen LogP contribution is -2.50. The number of urea groups is 1. The second-order valence-electron chi connectivity index (χ2n) is 8.03. The molecule has 1 saturated heterocycles. The van der Waals surface area contributed by atoms with Crippen molar-refractivity contribution in [2.24, 2.45) is 5.92 Å². The first-order valence-corrected chi connectivity index (χ1v) is 10.5. The minimum atomic E-state index is -0.136. The first-order valence-electron chi connectivity index (χ1n) is 10.5. The van der Waals surface area contributed by atoms with Crippen molar-refractivity contribution in [3.8, 4) is 0 Å². The number of carbonyl (C=O) groups excluding carboxylic acids is 1. The number of carbonyl (C=O) groups is 1. The zero-order valence-electron chi connectivity index (χ0n) is 17.5. The van der Waals surface area contributed by atoms with Crippen molar-refractivity contribution < 1.29 is 9.53 Å². The van der Waals surface area contributed by atoms with Crippen LogP contribution < -0.4 is 10.6 Å². The lowest BCUT2D eigenvalue weighted by atomic mass is 10.0. The highest BCUT2D eigenvalue weighted by Crippen LogP contribution is 2.13. The van der Waals surface area contributed by atoms with Crippen molar-refractivity contribution in [2.75, 3.05) is 32.8 Å². The molecule has 1 aromatic heterocycles. The zero-order chi connectivity index (χ0) is 20.5. The molecule has 1 aromatic carbocycles. The van der Waals surface area contributed by atoms with E-state index in [0.29, 0.717) is 25.0 Å². The number of hydrogen-bond acceptors (Lipinski definition) is 4. The van der Waals surface area contributed by atoms with Crippen molar-refractivity contribution in [1.82, 2.24) is 25.3 Å². The molecule has 1 aliphatic rings. The van der Waals surface area contributed by atoms with Gasteiger partial charge in [-0.05, 0) is 17.9 Å². The van der Waals surface area contributed by atoms with Gasteiger partial charge < -0.3 is 15.4 Å². The van der Waals surface area contributed by atoms with Crippen LogP contribution >= 0.6 is 0 Å². The van der Waals surface area contributed by atoms with Crippen molar-refractivity contribution >= 4 is 6.03 Å². The lowest BCUT2D eigenvalue weighted by Gasteiger charge is -2.35. The van der Waals surface area contributed by atoms with Crippen LogP contribution in [0.2, 0.25) is 0 Å². The Bertz CT molecular complexity index is 741. The molecule has 0 bridgehead atoms. The van der Waals surface area contributed by atoms with Crippen LogP contribution in [0.4, 0.5) is 4.79 Å². The summed E-state index contributed by atoms with van der Waals surface area (Å²) in [5.74, 6) is 0.586. The van der Waals surface area contributed by atoms with E-state index >= 15 is 0 Å². The molecule has 2 amide bonds. The molecule has 0 saturated carbocycles. The van der Waals surface area contributed by atoms with Crippen molar-refractivity contribution in [3.63, 3.8) is 0 Å². The second kappa shape index (κ2) is 11.0. The summed E-state index contributed by atoms with van der Waals surface area (Å²) in [4.78, 5) is 14.7. The Hall–Kier alpha value is -2.38. The summed E-state index contributed by atoms with van der Waals surface area (Å²) in [6.45, 7) is 9.69. The van der Waals surface area contributed by atoms with Gasteiger partial charge in [-0.1, -0.05) is 44.2 Å². The number of rotatable bonds is 9. The van der Waals surface area contributed by atoms with Crippen LogP contribution in [0, 0.1) is 5.92 Å². The molecule has 158 valence electrons. The van der Waals surface area contributed by atoms with Gasteiger partial charge in [0.05, 0.1) is 26.0 Å². The first-order chi connectivity index (χ1) is 14.1. The molecule has 1 unspecified atom stereocenters. The summed E-state index contributed by atoms with van der Waals surface area (Å²) in [7, 11) is 0. The Kier molecular flexibility index (Phi) is 8.07. The molecule has 0 aliphatic carbocycles. The van der Waals surface area contributed by atoms with Crippen LogP contribution in [-0.2, 0) is 17.8 Å². The van der Waals surface area contributed by atoms with E-state index in [-0.39, 0.29) is 6.03 Å². The van der Waals surface area contributed by atoms with E-state index in [0.717, 1.165) is 44.8 Å². The number of benzene rings is 1. The molecule has 3 rings (SSSR count). The largest absolute Gasteiger partial charge is 0.379 e. The summed E-state index contributed by atoms with van der Waals surface area (Å²) in [5.41, 5.74) is 2.19. The predicted octanol–water partition coefficient (Wildman–Crippen LogP) is 2.48. The number of hydrogen-bond donors (Lipinski definition) is 2. The number of ether oxygens (including phenoxy) is 1. The third-order valence-electron chi connectivity index (χ3n) is 5.13. The van der Waals surface area contributed by atoms with Crippen LogP contribution in [0.1, 0.15) is 31.4 Å². The van der Waals surface area contributed by atoms with Gasteiger partial charge in [-0.3, -0.25) is 9.58 Å². The normalized spacial score (nSPS) is 16.0. The SMILES string of the molecule is CC(C)CC(CNC(=O)NCc1cnn(Cc2ccccc2)c1)N1CCOCC1. The van der Waals surface area contributed by atoms with Crippen LogP contribution in [0.15, 0.2) is 42.7 Å². The average Bonchev–Trinajstić information content (AvgIpc) is 3.18.